The van der Waals surface area contributed by atoms with E-state index in [1.165, 1.54) is 64.4 Å². The normalized spacial score (nSPS) is 13.2. The third-order valence-corrected chi connectivity index (χ3v) is 10.2. The molecule has 60 heavy (non-hydrogen) atoms. The summed E-state index contributed by atoms with van der Waals surface area (Å²) in [6.07, 6.45) is 8.70. The highest BCUT2D eigenvalue weighted by atomic mass is 16.6. The second kappa shape index (κ2) is 25.5. The fourth-order valence-corrected chi connectivity index (χ4v) is 6.61. The number of esters is 4. The first-order chi connectivity index (χ1) is 28.7. The molecule has 13 heteroatoms. The molecule has 0 fully saturated rings. The minimum atomic E-state index is -1.61. The van der Waals surface area contributed by atoms with Crippen LogP contribution in [-0.4, -0.2) is 95.9 Å². The first-order valence-corrected chi connectivity index (χ1v) is 20.6. The van der Waals surface area contributed by atoms with Gasteiger partial charge in [-0.3, -0.25) is 9.59 Å². The number of carbonyl (C=O) groups is 6. The minimum Gasteiger partial charge on any atom is -0.492 e. The van der Waals surface area contributed by atoms with Crippen molar-refractivity contribution in [3.05, 3.63) is 77.4 Å². The maximum Gasteiger partial charge on any atom is 0.374 e. The molecule has 13 nitrogen and oxygen atoms in total. The second-order valence-electron chi connectivity index (χ2n) is 15.6. The molecule has 1 aliphatic carbocycles. The van der Waals surface area contributed by atoms with E-state index in [2.05, 4.69) is 38.3 Å². The van der Waals surface area contributed by atoms with Crippen LogP contribution >= 0.6 is 0 Å². The molecule has 0 saturated heterocycles. The van der Waals surface area contributed by atoms with Gasteiger partial charge in [0.25, 0.3) is 0 Å². The molecule has 0 aliphatic heterocycles. The molecule has 0 radical (unpaired) electrons. The van der Waals surface area contributed by atoms with Gasteiger partial charge in [0.05, 0.1) is 19.8 Å². The van der Waals surface area contributed by atoms with Crippen molar-refractivity contribution in [2.24, 2.45) is 11.3 Å². The second-order valence-corrected chi connectivity index (χ2v) is 15.6. The SMILES string of the molecule is C=C(C)C(=O)OCCCc1cc(-c2ccc3c(c2)CC(CCCCCC)C3)ccc1OCC(COC(=O)C(=C)C)(COC(=O)C(=O)CCOC)COC(=O)C(=O)CCOC. The number of aryl methyl sites for hydroxylation is 1. The first-order valence-electron chi connectivity index (χ1n) is 20.6. The maximum atomic E-state index is 12.8. The van der Waals surface area contributed by atoms with Gasteiger partial charge in [-0.1, -0.05) is 70.0 Å². The predicted molar refractivity (Wildman–Crippen MR) is 224 cm³/mol. The van der Waals surface area contributed by atoms with E-state index in [0.29, 0.717) is 24.5 Å². The topological polar surface area (TPSA) is 167 Å². The first kappa shape index (κ1) is 49.2. The lowest BCUT2D eigenvalue weighted by Crippen LogP contribution is -2.45. The van der Waals surface area contributed by atoms with Crippen molar-refractivity contribution in [2.75, 3.05) is 60.5 Å². The zero-order valence-electron chi connectivity index (χ0n) is 36.0. The minimum absolute atomic E-state index is 0.0180. The Morgan fingerprint density at radius 2 is 1.18 bits per heavy atom. The van der Waals surface area contributed by atoms with E-state index in [-0.39, 0.29) is 50.4 Å². The average molecular weight is 835 g/mol. The van der Waals surface area contributed by atoms with Crippen LogP contribution in [0.4, 0.5) is 0 Å². The van der Waals surface area contributed by atoms with Crippen molar-refractivity contribution in [1.29, 1.82) is 0 Å². The Labute approximate surface area is 354 Å². The molecule has 2 aromatic rings. The number of ketones is 2. The summed E-state index contributed by atoms with van der Waals surface area (Å²) in [5.41, 5.74) is 4.20. The lowest BCUT2D eigenvalue weighted by atomic mass is 9.91. The van der Waals surface area contributed by atoms with Crippen molar-refractivity contribution in [3.63, 3.8) is 0 Å². The molecular weight excluding hydrogens is 773 g/mol. The van der Waals surface area contributed by atoms with Crippen LogP contribution < -0.4 is 4.74 Å². The lowest BCUT2D eigenvalue weighted by Gasteiger charge is -2.32. The standard InChI is InChI=1S/C47H62O13/c1-8-9-10-11-13-34-24-35-15-16-36(27-39(35)25-34)37-17-18-42(38(26-37)14-12-21-56-43(50)32(2)3)57-28-47(29-58-44(51)33(4)5,30-59-45(52)40(48)19-22-54-6)31-60-46(53)41(49)20-23-55-7/h15-18,26-27,34H,2,4,8-14,19-25,28-31H2,1,3,5-7H3. The molecule has 0 saturated carbocycles. The fraction of sp³-hybridized carbons (Fsp3) is 0.532. The van der Waals surface area contributed by atoms with Gasteiger partial charge in [0.1, 0.15) is 37.6 Å². The van der Waals surface area contributed by atoms with Crippen molar-refractivity contribution >= 4 is 35.4 Å². The van der Waals surface area contributed by atoms with E-state index < -0.39 is 60.7 Å². The van der Waals surface area contributed by atoms with Crippen LogP contribution in [0.2, 0.25) is 0 Å². The van der Waals surface area contributed by atoms with Crippen LogP contribution in [0.25, 0.3) is 11.1 Å². The highest BCUT2D eigenvalue weighted by molar-refractivity contribution is 6.34. The number of Topliss-reactive ketones (excluding diaryl/α,β-unsaturated/α-hetero) is 2. The third kappa shape index (κ3) is 16.1. The number of ether oxygens (including phenoxy) is 7. The number of unbranched alkanes of at least 4 members (excludes halogenated alkanes) is 3. The highest BCUT2D eigenvalue weighted by Gasteiger charge is 2.39. The van der Waals surface area contributed by atoms with Crippen LogP contribution in [-0.2, 0) is 76.5 Å². The Kier molecular flexibility index (Phi) is 20.9. The van der Waals surface area contributed by atoms with Crippen molar-refractivity contribution in [3.8, 4) is 16.9 Å². The summed E-state index contributed by atoms with van der Waals surface area (Å²) < 4.78 is 38.0. The maximum absolute atomic E-state index is 12.8. The average Bonchev–Trinajstić information content (AvgIpc) is 3.66. The van der Waals surface area contributed by atoms with E-state index >= 15 is 0 Å². The molecule has 0 bridgehead atoms. The number of hydrogen-bond donors (Lipinski definition) is 0. The molecule has 0 aromatic heterocycles. The van der Waals surface area contributed by atoms with E-state index in [1.54, 1.807) is 13.0 Å². The molecule has 0 amide bonds. The molecule has 0 heterocycles. The Balaban J connectivity index is 1.97. The van der Waals surface area contributed by atoms with Gasteiger partial charge in [0, 0.05) is 38.2 Å². The van der Waals surface area contributed by atoms with Crippen LogP contribution in [0.15, 0.2) is 60.7 Å². The fourth-order valence-electron chi connectivity index (χ4n) is 6.61. The molecule has 0 N–H and O–H groups in total. The number of methoxy groups -OCH3 is 2. The van der Waals surface area contributed by atoms with Gasteiger partial charge in [-0.15, -0.1) is 0 Å². The summed E-state index contributed by atoms with van der Waals surface area (Å²) >= 11 is 0. The van der Waals surface area contributed by atoms with Gasteiger partial charge >= 0.3 is 23.9 Å². The Hall–Kier alpha value is -5.14. The molecule has 0 spiro atoms. The van der Waals surface area contributed by atoms with Crippen LogP contribution in [0.3, 0.4) is 0 Å². The van der Waals surface area contributed by atoms with Crippen LogP contribution in [0.1, 0.15) is 88.8 Å². The van der Waals surface area contributed by atoms with E-state index in [9.17, 15) is 28.8 Å². The largest absolute Gasteiger partial charge is 0.492 e. The lowest BCUT2D eigenvalue weighted by molar-refractivity contribution is -0.169. The van der Waals surface area contributed by atoms with Gasteiger partial charge in [-0.25, -0.2) is 19.2 Å². The highest BCUT2D eigenvalue weighted by Crippen LogP contribution is 2.35. The number of benzene rings is 2. The summed E-state index contributed by atoms with van der Waals surface area (Å²) in [4.78, 5) is 75.3. The molecular formula is C47H62O13. The van der Waals surface area contributed by atoms with Gasteiger partial charge < -0.3 is 33.2 Å². The monoisotopic (exact) mass is 834 g/mol. The number of hydrogen-bond acceptors (Lipinski definition) is 13. The zero-order chi connectivity index (χ0) is 44.1. The quantitative estimate of drug-likeness (QED) is 0.0274. The van der Waals surface area contributed by atoms with Crippen molar-refractivity contribution in [1.82, 2.24) is 0 Å². The Morgan fingerprint density at radius 3 is 1.77 bits per heavy atom. The number of rotatable bonds is 29. The van der Waals surface area contributed by atoms with E-state index in [1.807, 2.05) is 12.1 Å². The van der Waals surface area contributed by atoms with Crippen molar-refractivity contribution < 1.29 is 61.9 Å². The zero-order valence-corrected chi connectivity index (χ0v) is 36.0. The van der Waals surface area contributed by atoms with Crippen LogP contribution in [0, 0.1) is 11.3 Å². The predicted octanol–water partition coefficient (Wildman–Crippen LogP) is 6.87. The van der Waals surface area contributed by atoms with Crippen molar-refractivity contribution in [2.45, 2.75) is 91.4 Å². The third-order valence-electron chi connectivity index (χ3n) is 10.2. The molecule has 1 aliphatic rings. The van der Waals surface area contributed by atoms with Crippen LogP contribution in [0.5, 0.6) is 5.75 Å². The van der Waals surface area contributed by atoms with Gasteiger partial charge in [-0.2, -0.15) is 0 Å². The van der Waals surface area contributed by atoms with Gasteiger partial charge in [0.15, 0.2) is 0 Å². The summed E-state index contributed by atoms with van der Waals surface area (Å²) in [6.45, 7) is 10.5. The van der Waals surface area contributed by atoms with E-state index in [0.717, 1.165) is 29.5 Å². The summed E-state index contributed by atoms with van der Waals surface area (Å²) in [7, 11) is 2.76. The summed E-state index contributed by atoms with van der Waals surface area (Å²) in [5.74, 6) is -4.33. The number of fused-ring (bicyclic) bond motifs is 1. The Bertz CT molecular complexity index is 1790. The van der Waals surface area contributed by atoms with E-state index in [4.69, 9.17) is 33.2 Å². The molecule has 1 atom stereocenters. The van der Waals surface area contributed by atoms with Gasteiger partial charge in [-0.05, 0) is 91.8 Å². The Morgan fingerprint density at radius 1 is 0.633 bits per heavy atom. The molecule has 328 valence electrons. The smallest absolute Gasteiger partial charge is 0.374 e. The summed E-state index contributed by atoms with van der Waals surface area (Å²) in [5, 5.41) is 0. The number of carbonyl (C=O) groups excluding carboxylic acids is 6. The molecule has 1 unspecified atom stereocenters. The molecule has 3 rings (SSSR count). The van der Waals surface area contributed by atoms with Gasteiger partial charge in [0.2, 0.25) is 11.6 Å². The summed E-state index contributed by atoms with van der Waals surface area (Å²) in [6, 6.07) is 12.3. The molecule has 2 aromatic carbocycles.